The molecule has 0 saturated heterocycles. The van der Waals surface area contributed by atoms with Gasteiger partial charge in [-0.3, -0.25) is 9.52 Å². The Balaban J connectivity index is 1.72. The van der Waals surface area contributed by atoms with Crippen LogP contribution in [0, 0.1) is 34.6 Å². The molecule has 31 heavy (non-hydrogen) atoms. The van der Waals surface area contributed by atoms with Gasteiger partial charge in [-0.05, 0) is 92.8 Å². The minimum atomic E-state index is -3.85. The maximum Gasteiger partial charge on any atom is 0.262 e. The predicted octanol–water partition coefficient (Wildman–Crippen LogP) is 5.39. The summed E-state index contributed by atoms with van der Waals surface area (Å²) in [5.74, 6) is 0.536. The first-order valence-corrected chi connectivity index (χ1v) is 11.4. The van der Waals surface area contributed by atoms with Gasteiger partial charge in [0, 0.05) is 5.69 Å². The van der Waals surface area contributed by atoms with E-state index >= 15 is 0 Å². The number of benzene rings is 3. The van der Waals surface area contributed by atoms with Crippen molar-refractivity contribution in [2.24, 2.45) is 0 Å². The number of nitrogens with one attached hydrogen (secondary N) is 2. The Bertz CT molecular complexity index is 1320. The maximum atomic E-state index is 13.2. The van der Waals surface area contributed by atoms with Crippen LogP contribution in [0.3, 0.4) is 0 Å². The number of hydrogen-bond donors (Lipinski definition) is 2. The fraction of sp³-hybridized carbons (Fsp3) is 0.208. The lowest BCUT2D eigenvalue weighted by Gasteiger charge is -2.17. The second-order valence-electron chi connectivity index (χ2n) is 7.96. The van der Waals surface area contributed by atoms with E-state index in [0.29, 0.717) is 28.3 Å². The van der Waals surface area contributed by atoms with Crippen LogP contribution in [0.1, 0.15) is 38.2 Å². The highest BCUT2D eigenvalue weighted by Crippen LogP contribution is 2.37. The van der Waals surface area contributed by atoms with E-state index in [1.165, 1.54) is 6.07 Å². The van der Waals surface area contributed by atoms with Crippen molar-refractivity contribution in [1.82, 2.24) is 0 Å². The molecule has 1 aliphatic heterocycles. The number of sulfonamides is 1. The Labute approximate surface area is 182 Å². The molecule has 7 heteroatoms. The van der Waals surface area contributed by atoms with Gasteiger partial charge in [-0.2, -0.15) is 0 Å². The van der Waals surface area contributed by atoms with E-state index in [-0.39, 0.29) is 22.1 Å². The molecule has 0 unspecified atom stereocenters. The zero-order valence-corrected chi connectivity index (χ0v) is 18.9. The van der Waals surface area contributed by atoms with Crippen molar-refractivity contribution in [2.75, 3.05) is 10.0 Å². The van der Waals surface area contributed by atoms with Gasteiger partial charge >= 0.3 is 0 Å². The maximum absolute atomic E-state index is 13.2. The number of rotatable bonds is 3. The van der Waals surface area contributed by atoms with Crippen LogP contribution >= 0.6 is 0 Å². The highest BCUT2D eigenvalue weighted by atomic mass is 32.2. The van der Waals surface area contributed by atoms with Crippen LogP contribution in [0.2, 0.25) is 0 Å². The van der Waals surface area contributed by atoms with Crippen LogP contribution in [0.15, 0.2) is 47.4 Å². The van der Waals surface area contributed by atoms with Crippen molar-refractivity contribution in [3.63, 3.8) is 0 Å². The van der Waals surface area contributed by atoms with E-state index in [1.807, 2.05) is 39.0 Å². The van der Waals surface area contributed by atoms with Gasteiger partial charge in [0.2, 0.25) is 0 Å². The van der Waals surface area contributed by atoms with Crippen molar-refractivity contribution in [3.05, 3.63) is 75.8 Å². The summed E-state index contributed by atoms with van der Waals surface area (Å²) in [7, 11) is -3.85. The van der Waals surface area contributed by atoms with Crippen molar-refractivity contribution < 1.29 is 17.9 Å². The summed E-state index contributed by atoms with van der Waals surface area (Å²) in [6.45, 7) is 9.31. The largest absolute Gasteiger partial charge is 0.454 e. The summed E-state index contributed by atoms with van der Waals surface area (Å²) in [5, 5.41) is 2.83. The van der Waals surface area contributed by atoms with Crippen LogP contribution in [0.4, 0.5) is 11.4 Å². The quantitative estimate of drug-likeness (QED) is 0.577. The smallest absolute Gasteiger partial charge is 0.262 e. The van der Waals surface area contributed by atoms with Crippen molar-refractivity contribution in [3.8, 4) is 11.5 Å². The molecule has 4 rings (SSSR count). The monoisotopic (exact) mass is 436 g/mol. The SMILES string of the molecule is Cc1ccc2c(c1)NC(=O)c1cc(NS(=O)(=O)c3c(C)c(C)cc(C)c3C)ccc1O2. The third kappa shape index (κ3) is 3.77. The standard InChI is InChI=1S/C24H24N2O4S/c1-13-6-8-22-20(10-13)25-24(27)19-12-18(7-9-21(19)30-22)26-31(28,29)23-16(4)14(2)11-15(3)17(23)5/h6-12,26H,1-5H3,(H,25,27). The van der Waals surface area contributed by atoms with Gasteiger partial charge in [-0.1, -0.05) is 12.1 Å². The molecule has 0 aliphatic carbocycles. The summed E-state index contributed by atoms with van der Waals surface area (Å²) in [4.78, 5) is 13.1. The molecule has 3 aromatic carbocycles. The topological polar surface area (TPSA) is 84.5 Å². The minimum Gasteiger partial charge on any atom is -0.454 e. The molecule has 0 bridgehead atoms. The van der Waals surface area contributed by atoms with Gasteiger partial charge in [0.05, 0.1) is 16.1 Å². The number of carbonyl (C=O) groups is 1. The third-order valence-corrected chi connectivity index (χ3v) is 7.30. The van der Waals surface area contributed by atoms with E-state index in [2.05, 4.69) is 10.0 Å². The molecular weight excluding hydrogens is 412 g/mol. The fourth-order valence-corrected chi connectivity index (χ4v) is 5.46. The molecule has 1 amide bonds. The molecule has 2 N–H and O–H groups in total. The normalized spacial score (nSPS) is 12.9. The first-order chi connectivity index (χ1) is 14.6. The summed E-state index contributed by atoms with van der Waals surface area (Å²) in [6.07, 6.45) is 0. The Kier molecular flexibility index (Phi) is 5.01. The molecule has 1 aliphatic rings. The van der Waals surface area contributed by atoms with E-state index in [1.54, 1.807) is 32.0 Å². The zero-order valence-electron chi connectivity index (χ0n) is 18.1. The highest BCUT2D eigenvalue weighted by Gasteiger charge is 2.25. The van der Waals surface area contributed by atoms with Crippen LogP contribution < -0.4 is 14.8 Å². The number of carbonyl (C=O) groups excluding carboxylic acids is 1. The zero-order chi connectivity index (χ0) is 22.5. The van der Waals surface area contributed by atoms with Gasteiger partial charge in [0.15, 0.2) is 5.75 Å². The lowest BCUT2D eigenvalue weighted by Crippen LogP contribution is -2.18. The second-order valence-corrected chi connectivity index (χ2v) is 9.58. The molecule has 0 atom stereocenters. The van der Waals surface area contributed by atoms with E-state index in [9.17, 15) is 13.2 Å². The molecule has 0 spiro atoms. The van der Waals surface area contributed by atoms with E-state index in [4.69, 9.17) is 4.74 Å². The van der Waals surface area contributed by atoms with E-state index in [0.717, 1.165) is 16.7 Å². The van der Waals surface area contributed by atoms with Gasteiger partial charge in [-0.15, -0.1) is 0 Å². The molecule has 0 radical (unpaired) electrons. The number of fused-ring (bicyclic) bond motifs is 2. The van der Waals surface area contributed by atoms with Gasteiger partial charge in [0.25, 0.3) is 15.9 Å². The summed E-state index contributed by atoms with van der Waals surface area (Å²) in [6, 6.07) is 12.2. The summed E-state index contributed by atoms with van der Waals surface area (Å²) in [5.41, 5.74) is 5.33. The number of amides is 1. The predicted molar refractivity (Wildman–Crippen MR) is 122 cm³/mol. The Morgan fingerprint density at radius 1 is 0.839 bits per heavy atom. The molecule has 6 nitrogen and oxygen atoms in total. The van der Waals surface area contributed by atoms with Crippen LogP contribution in [-0.4, -0.2) is 14.3 Å². The highest BCUT2D eigenvalue weighted by molar-refractivity contribution is 7.92. The van der Waals surface area contributed by atoms with Crippen molar-refractivity contribution in [1.29, 1.82) is 0 Å². The van der Waals surface area contributed by atoms with Gasteiger partial charge in [-0.25, -0.2) is 8.42 Å². The molecule has 0 aromatic heterocycles. The van der Waals surface area contributed by atoms with Gasteiger partial charge < -0.3 is 10.1 Å². The molecule has 0 fully saturated rings. The van der Waals surface area contributed by atoms with Crippen molar-refractivity contribution in [2.45, 2.75) is 39.5 Å². The average Bonchev–Trinajstić information content (AvgIpc) is 2.82. The molecule has 1 heterocycles. The third-order valence-electron chi connectivity index (χ3n) is 5.65. The number of anilines is 2. The number of ether oxygens (including phenoxy) is 1. The van der Waals surface area contributed by atoms with Crippen molar-refractivity contribution >= 4 is 27.3 Å². The second kappa shape index (κ2) is 7.42. The first kappa shape index (κ1) is 20.9. The average molecular weight is 437 g/mol. The van der Waals surface area contributed by atoms with Crippen LogP contribution in [0.25, 0.3) is 0 Å². The molecular formula is C24H24N2O4S. The molecule has 160 valence electrons. The lowest BCUT2D eigenvalue weighted by molar-refractivity contribution is 0.102. The first-order valence-electron chi connectivity index (χ1n) is 9.91. The Morgan fingerprint density at radius 3 is 2.16 bits per heavy atom. The number of hydrogen-bond acceptors (Lipinski definition) is 4. The summed E-state index contributed by atoms with van der Waals surface area (Å²) < 4.78 is 35.0. The Morgan fingerprint density at radius 2 is 1.48 bits per heavy atom. The minimum absolute atomic E-state index is 0.253. The molecule has 3 aromatic rings. The Hall–Kier alpha value is -3.32. The molecule has 0 saturated carbocycles. The van der Waals surface area contributed by atoms with E-state index < -0.39 is 10.0 Å². The summed E-state index contributed by atoms with van der Waals surface area (Å²) >= 11 is 0. The van der Waals surface area contributed by atoms with Crippen LogP contribution in [0.5, 0.6) is 11.5 Å². The van der Waals surface area contributed by atoms with Gasteiger partial charge in [0.1, 0.15) is 5.75 Å². The van der Waals surface area contributed by atoms with Crippen LogP contribution in [-0.2, 0) is 10.0 Å². The lowest BCUT2D eigenvalue weighted by atomic mass is 10.0. The number of aryl methyl sites for hydroxylation is 3. The fourth-order valence-electron chi connectivity index (χ4n) is 3.79.